The van der Waals surface area contributed by atoms with Crippen LogP contribution in [0.1, 0.15) is 5.56 Å². The summed E-state index contributed by atoms with van der Waals surface area (Å²) < 4.78 is 297. The van der Waals surface area contributed by atoms with Gasteiger partial charge in [-0.25, -0.2) is 0 Å². The van der Waals surface area contributed by atoms with Crippen LogP contribution in [0.5, 0.6) is 0 Å². The Bertz CT molecular complexity index is 2760. The van der Waals surface area contributed by atoms with E-state index in [4.69, 9.17) is 0 Å². The number of rotatable bonds is 12. The first-order chi connectivity index (χ1) is 26.5. The number of benzene rings is 1. The summed E-state index contributed by atoms with van der Waals surface area (Å²) in [5, 5.41) is 90.5. The zero-order chi connectivity index (χ0) is 48.6. The van der Waals surface area contributed by atoms with Crippen molar-refractivity contribution in [1.82, 2.24) is 0 Å². The molecule has 2 saturated heterocycles. The third-order valence-corrected chi connectivity index (χ3v) is 19.0. The Labute approximate surface area is 341 Å². The minimum absolute atomic E-state index is 0.148. The van der Waals surface area contributed by atoms with E-state index in [1.165, 1.54) is 0 Å². The minimum atomic E-state index is -8.19. The molecule has 1 aromatic carbocycles. The van der Waals surface area contributed by atoms with Crippen LogP contribution in [-0.4, -0.2) is 197 Å². The molecule has 61 heavy (non-hydrogen) atoms. The van der Waals surface area contributed by atoms with Crippen LogP contribution in [0.3, 0.4) is 0 Å². The van der Waals surface area contributed by atoms with Crippen LogP contribution in [-0.2, 0) is 86.5 Å². The molecule has 2 aliphatic rings. The molecule has 356 valence electrons. The molecule has 2 fully saturated rings. The number of thioether (sulfide) groups is 1. The Kier molecular flexibility index (Phi) is 13.1. The van der Waals surface area contributed by atoms with Gasteiger partial charge in [0.25, 0.3) is 44.9 Å². The van der Waals surface area contributed by atoms with Crippen LogP contribution in [0.4, 0.5) is 13.2 Å². The fourth-order valence-electron chi connectivity index (χ4n) is 6.18. The molecule has 42 heteroatoms. The summed E-state index contributed by atoms with van der Waals surface area (Å²) >= 11 is -1.06. The molecule has 3 rings (SSSR count). The Balaban J connectivity index is 2.92. The molecule has 0 amide bonds. The first-order valence-corrected chi connectivity index (χ1v) is 25.2. The predicted molar refractivity (Wildman–Crippen MR) is 177 cm³/mol. The zero-order valence-electron chi connectivity index (χ0n) is 27.9. The Morgan fingerprint density at radius 2 is 0.951 bits per heavy atom. The molecule has 12 atom stereocenters. The lowest BCUT2D eigenvalue weighted by atomic mass is 9.73. The Hall–Kier alpha value is -1.67. The summed E-state index contributed by atoms with van der Waals surface area (Å²) in [4.78, 5) is -34.8. The third-order valence-electron chi connectivity index (χ3n) is 8.91. The highest BCUT2D eigenvalue weighted by Crippen LogP contribution is 2.62. The van der Waals surface area contributed by atoms with Gasteiger partial charge in [-0.05, 0) is 18.2 Å². The predicted octanol–water partition coefficient (Wildman–Crippen LogP) is -7.68. The molecule has 2 unspecified atom stereocenters. The van der Waals surface area contributed by atoms with Crippen molar-refractivity contribution in [1.29, 1.82) is 0 Å². The van der Waals surface area contributed by atoms with E-state index < -0.39 is 164 Å². The fourth-order valence-corrected chi connectivity index (χ4v) is 16.0. The van der Waals surface area contributed by atoms with Crippen LogP contribution in [0.2, 0.25) is 0 Å². The molecule has 2 aliphatic heterocycles. The van der Waals surface area contributed by atoms with Crippen molar-refractivity contribution >= 4 is 82.6 Å². The molecular formula is C19H25F3O31S8. The number of aliphatic hydroxyl groups excluding tert-OH is 2. The average Bonchev–Trinajstić information content (AvgIpc) is 3.03. The van der Waals surface area contributed by atoms with Crippen molar-refractivity contribution in [2.24, 2.45) is 0 Å². The van der Waals surface area contributed by atoms with E-state index in [0.717, 1.165) is 0 Å². The molecule has 0 radical (unpaired) electrons. The quantitative estimate of drug-likeness (QED) is 0.0865. The normalized spacial score (nSPS) is 37.5. The van der Waals surface area contributed by atoms with E-state index in [2.05, 4.69) is 9.47 Å². The summed E-state index contributed by atoms with van der Waals surface area (Å²) in [7, 11) is -53.9. The number of hydrogen-bond acceptors (Lipinski definition) is 25. The van der Waals surface area contributed by atoms with Crippen LogP contribution < -0.4 is 0 Å². The topological polar surface area (TPSA) is 561 Å². The Morgan fingerprint density at radius 1 is 0.557 bits per heavy atom. The summed E-state index contributed by atoms with van der Waals surface area (Å²) in [5.41, 5.74) is -22.2. The standard InChI is InChI=1S/C19H25F3O31S8/c20-17(21,22)5-2-1-3-6(4-5)54-12-16(28,59(43,44)45)18(29,60(46,47)48)13(25,7(53-12)9(23)55(31,32)33)11-15(27,58(40,41)42)19(30,61(49,50)51)14(26,57(37,38)39)8(52-11)10(24)56(34,35)36/h1-4,7-12,23-30H,(H,31,32,33)(H,34,35,36)(H,37,38,39)(H,40,41,42)(H,43,44,45)(H,46,47,48)(H,49,50,51)/t7-,8-,9?,10?,11+,12+,13+,14+,15-,16-,18-,19-/m1/s1. The van der Waals surface area contributed by atoms with Crippen molar-refractivity contribution in [3.63, 3.8) is 0 Å². The van der Waals surface area contributed by atoms with Crippen LogP contribution >= 0.6 is 11.8 Å². The molecule has 15 N–H and O–H groups in total. The van der Waals surface area contributed by atoms with Crippen LogP contribution in [0.25, 0.3) is 0 Å². The molecule has 0 aromatic heterocycles. The van der Waals surface area contributed by atoms with Gasteiger partial charge >= 0.3 is 56.8 Å². The summed E-state index contributed by atoms with van der Waals surface area (Å²) in [6.07, 6.45) is -21.2. The average molecular weight is 1060 g/mol. The van der Waals surface area contributed by atoms with Gasteiger partial charge in [-0.3, -0.25) is 31.9 Å². The number of aliphatic hydroxyl groups is 8. The number of hydrogen-bond donors (Lipinski definition) is 15. The molecule has 1 aromatic rings. The number of ether oxygens (including phenoxy) is 2. The van der Waals surface area contributed by atoms with Crippen molar-refractivity contribution in [2.45, 2.75) is 76.0 Å². The van der Waals surface area contributed by atoms with Gasteiger partial charge in [-0.2, -0.15) is 72.1 Å². The highest BCUT2D eigenvalue weighted by atomic mass is 32.3. The van der Waals surface area contributed by atoms with Gasteiger partial charge in [0.2, 0.25) is 10.9 Å². The lowest BCUT2D eigenvalue weighted by Gasteiger charge is -2.64. The smallest absolute Gasteiger partial charge is 0.380 e. The van der Waals surface area contributed by atoms with Gasteiger partial charge in [0.1, 0.15) is 12.2 Å². The maximum Gasteiger partial charge on any atom is 0.416 e. The molecule has 31 nitrogen and oxygen atoms in total. The van der Waals surface area contributed by atoms with Crippen molar-refractivity contribution in [2.75, 3.05) is 0 Å². The van der Waals surface area contributed by atoms with E-state index in [1.54, 1.807) is 0 Å². The van der Waals surface area contributed by atoms with Gasteiger partial charge in [0, 0.05) is 4.90 Å². The first kappa shape index (κ1) is 53.7. The molecule has 0 aliphatic carbocycles. The minimum Gasteiger partial charge on any atom is -0.380 e. The second kappa shape index (κ2) is 14.9. The van der Waals surface area contributed by atoms with Gasteiger partial charge in [0.05, 0.1) is 5.56 Å². The van der Waals surface area contributed by atoms with Gasteiger partial charge in [-0.15, -0.1) is 0 Å². The highest BCUT2D eigenvalue weighted by molar-refractivity contribution is 8.01. The maximum atomic E-state index is 13.5. The van der Waals surface area contributed by atoms with Crippen molar-refractivity contribution < 1.29 is 154 Å². The van der Waals surface area contributed by atoms with Crippen LogP contribution in [0.15, 0.2) is 29.2 Å². The zero-order valence-corrected chi connectivity index (χ0v) is 34.4. The second-order valence-corrected chi connectivity index (χ2v) is 24.3. The summed E-state index contributed by atoms with van der Waals surface area (Å²) in [6.45, 7) is 0. The lowest BCUT2D eigenvalue weighted by molar-refractivity contribution is -0.375. The molecule has 0 saturated carbocycles. The summed E-state index contributed by atoms with van der Waals surface area (Å²) in [6, 6.07) is 0.786. The van der Waals surface area contributed by atoms with Crippen molar-refractivity contribution in [3.05, 3.63) is 29.8 Å². The van der Waals surface area contributed by atoms with E-state index in [-0.39, 0.29) is 12.1 Å². The Morgan fingerprint density at radius 3 is 1.30 bits per heavy atom. The second-order valence-electron chi connectivity index (χ2n) is 12.4. The summed E-state index contributed by atoms with van der Waals surface area (Å²) in [5.74, 6) is 0. The van der Waals surface area contributed by atoms with Gasteiger partial charge < -0.3 is 50.3 Å². The van der Waals surface area contributed by atoms with E-state index >= 15 is 0 Å². The molecular weight excluding hydrogens is 1040 g/mol. The van der Waals surface area contributed by atoms with E-state index in [9.17, 15) is 145 Å². The number of halogens is 3. The van der Waals surface area contributed by atoms with Crippen molar-refractivity contribution in [3.8, 4) is 0 Å². The van der Waals surface area contributed by atoms with E-state index in [0.29, 0.717) is 12.1 Å². The molecule has 2 heterocycles. The van der Waals surface area contributed by atoms with E-state index in [1.807, 2.05) is 0 Å². The number of alkyl halides is 3. The monoisotopic (exact) mass is 1060 g/mol. The van der Waals surface area contributed by atoms with Gasteiger partial charge in [-0.1, -0.05) is 17.8 Å². The lowest BCUT2D eigenvalue weighted by Crippen LogP contribution is -2.95. The third kappa shape index (κ3) is 7.48. The fraction of sp³-hybridized carbons (Fsp3) is 0.684. The SMILES string of the molecule is O=S(=O)(O)C(O)[C@H]1O[C@@H](Sc2cccc(C(F)(F)F)c2)[C@@](O)(S(=O)(=O)O)[C@](O)(S(=O)(=O)O)[C@@]1(O)[C@@H]1O[C@H](C(O)S(=O)(=O)O)[C@](O)(S(=O)(=O)O)[C@@](O)(S(=O)(=O)O)[C@]1(O)S(=O)(=O)O. The largest absolute Gasteiger partial charge is 0.416 e. The highest BCUT2D eigenvalue weighted by Gasteiger charge is 2.95. The molecule has 0 bridgehead atoms. The molecule has 0 spiro atoms. The maximum absolute atomic E-state index is 13.5. The van der Waals surface area contributed by atoms with Gasteiger partial charge in [0.15, 0.2) is 17.1 Å². The first-order valence-electron chi connectivity index (χ1n) is 14.1. The van der Waals surface area contributed by atoms with Crippen LogP contribution in [0, 0.1) is 0 Å².